The SMILES string of the molecule is COC(=O)O[C@@H](C)COC(=O)[C@@H](N)Cc1ccc(OC(=O)CC(C)(C)C)c(OC(=O)CC(C)(C)C)c1. The lowest BCUT2D eigenvalue weighted by Crippen LogP contribution is -2.36. The highest BCUT2D eigenvalue weighted by atomic mass is 16.7. The first kappa shape index (κ1) is 30.9. The number of benzene rings is 1. The maximum absolute atomic E-state index is 12.5. The van der Waals surface area contributed by atoms with Crippen molar-refractivity contribution < 1.29 is 42.9 Å². The summed E-state index contributed by atoms with van der Waals surface area (Å²) in [5, 5.41) is 0. The molecule has 0 aliphatic carbocycles. The Balaban J connectivity index is 2.97. The van der Waals surface area contributed by atoms with E-state index in [2.05, 4.69) is 4.74 Å². The summed E-state index contributed by atoms with van der Waals surface area (Å²) in [5.41, 5.74) is 5.96. The Morgan fingerprint density at radius 2 is 1.42 bits per heavy atom. The van der Waals surface area contributed by atoms with Crippen molar-refractivity contribution in [3.8, 4) is 11.5 Å². The highest BCUT2D eigenvalue weighted by Gasteiger charge is 2.24. The predicted molar refractivity (Wildman–Crippen MR) is 131 cm³/mol. The van der Waals surface area contributed by atoms with Gasteiger partial charge in [-0.2, -0.15) is 0 Å². The minimum absolute atomic E-state index is 0.0599. The van der Waals surface area contributed by atoms with Gasteiger partial charge in [0.1, 0.15) is 18.8 Å². The molecule has 202 valence electrons. The Hall–Kier alpha value is -3.14. The van der Waals surface area contributed by atoms with Crippen LogP contribution in [0.15, 0.2) is 18.2 Å². The van der Waals surface area contributed by atoms with E-state index in [1.54, 1.807) is 6.07 Å². The van der Waals surface area contributed by atoms with Gasteiger partial charge in [0.05, 0.1) is 20.0 Å². The van der Waals surface area contributed by atoms with Crippen LogP contribution in [0, 0.1) is 10.8 Å². The molecule has 0 spiro atoms. The molecule has 0 saturated heterocycles. The fourth-order valence-corrected chi connectivity index (χ4v) is 2.92. The summed E-state index contributed by atoms with van der Waals surface area (Å²) in [6.07, 6.45) is -1.24. The molecule has 0 fully saturated rings. The fraction of sp³-hybridized carbons (Fsp3) is 0.615. The minimum atomic E-state index is -1.04. The smallest absolute Gasteiger partial charge is 0.461 e. The fourth-order valence-electron chi connectivity index (χ4n) is 2.92. The van der Waals surface area contributed by atoms with E-state index < -0.39 is 36.2 Å². The summed E-state index contributed by atoms with van der Waals surface area (Å²) in [6.45, 7) is 12.8. The molecule has 1 aromatic carbocycles. The van der Waals surface area contributed by atoms with E-state index in [0.717, 1.165) is 0 Å². The Morgan fingerprint density at radius 3 is 1.92 bits per heavy atom. The van der Waals surface area contributed by atoms with Gasteiger partial charge in [-0.3, -0.25) is 14.4 Å². The molecule has 0 aliphatic rings. The topological polar surface area (TPSA) is 140 Å². The molecule has 0 aliphatic heterocycles. The number of carbonyl (C=O) groups is 4. The zero-order chi connectivity index (χ0) is 27.7. The third kappa shape index (κ3) is 12.5. The molecule has 0 heterocycles. The average Bonchev–Trinajstić information content (AvgIpc) is 2.70. The lowest BCUT2D eigenvalue weighted by molar-refractivity contribution is -0.148. The molecule has 0 radical (unpaired) electrons. The van der Waals surface area contributed by atoms with Crippen LogP contribution in [0.25, 0.3) is 0 Å². The van der Waals surface area contributed by atoms with Crippen molar-refractivity contribution >= 4 is 24.1 Å². The Bertz CT molecular complexity index is 928. The van der Waals surface area contributed by atoms with Crippen molar-refractivity contribution in [2.45, 2.75) is 79.9 Å². The maximum atomic E-state index is 12.5. The largest absolute Gasteiger partial charge is 0.508 e. The number of esters is 3. The van der Waals surface area contributed by atoms with Crippen molar-refractivity contribution in [1.82, 2.24) is 0 Å². The second kappa shape index (κ2) is 13.2. The minimum Gasteiger partial charge on any atom is -0.461 e. The van der Waals surface area contributed by atoms with Crippen LogP contribution in [0.5, 0.6) is 11.5 Å². The molecule has 36 heavy (non-hydrogen) atoms. The summed E-state index contributed by atoms with van der Waals surface area (Å²) in [7, 11) is 1.17. The molecule has 1 rings (SSSR count). The van der Waals surface area contributed by atoms with Crippen LogP contribution in [-0.2, 0) is 35.0 Å². The van der Waals surface area contributed by atoms with Crippen LogP contribution in [0.1, 0.15) is 66.9 Å². The first-order chi connectivity index (χ1) is 16.5. The molecule has 0 amide bonds. The summed E-state index contributed by atoms with van der Waals surface area (Å²) < 4.78 is 25.3. The highest BCUT2D eigenvalue weighted by Crippen LogP contribution is 2.32. The number of rotatable bonds is 10. The van der Waals surface area contributed by atoms with Gasteiger partial charge in [-0.1, -0.05) is 47.6 Å². The quantitative estimate of drug-likeness (QED) is 0.364. The van der Waals surface area contributed by atoms with Crippen molar-refractivity contribution in [2.75, 3.05) is 13.7 Å². The summed E-state index contributed by atoms with van der Waals surface area (Å²) >= 11 is 0. The highest BCUT2D eigenvalue weighted by molar-refractivity contribution is 5.78. The lowest BCUT2D eigenvalue weighted by Gasteiger charge is -2.20. The number of hydrogen-bond donors (Lipinski definition) is 1. The van der Waals surface area contributed by atoms with Crippen LogP contribution < -0.4 is 15.2 Å². The van der Waals surface area contributed by atoms with Gasteiger partial charge in [0.15, 0.2) is 11.5 Å². The monoisotopic (exact) mass is 509 g/mol. The molecule has 0 aromatic heterocycles. The van der Waals surface area contributed by atoms with Crippen LogP contribution in [-0.4, -0.2) is 49.9 Å². The number of nitrogens with two attached hydrogens (primary N) is 1. The summed E-state index contributed by atoms with van der Waals surface area (Å²) in [6, 6.07) is 3.59. The summed E-state index contributed by atoms with van der Waals surface area (Å²) in [4.78, 5) is 48.3. The Labute approximate surface area is 212 Å². The third-order valence-corrected chi connectivity index (χ3v) is 4.49. The molecule has 2 N–H and O–H groups in total. The standard InChI is InChI=1S/C26H39NO9/c1-16(34-24(31)32-8)15-33-23(30)18(27)11-17-9-10-19(35-21(28)13-25(2,3)4)20(12-17)36-22(29)14-26(5,6)7/h9-10,12,16,18H,11,13-15,27H2,1-8H3/t16-,18-/m0/s1. The Kier molecular flexibility index (Phi) is 11.4. The van der Waals surface area contributed by atoms with Crippen LogP contribution in [0.3, 0.4) is 0 Å². The van der Waals surface area contributed by atoms with E-state index >= 15 is 0 Å². The van der Waals surface area contributed by atoms with Crippen LogP contribution in [0.2, 0.25) is 0 Å². The van der Waals surface area contributed by atoms with Crippen molar-refractivity contribution in [3.63, 3.8) is 0 Å². The Morgan fingerprint density at radius 1 is 0.889 bits per heavy atom. The van der Waals surface area contributed by atoms with Gasteiger partial charge >= 0.3 is 24.1 Å². The van der Waals surface area contributed by atoms with Crippen molar-refractivity contribution in [2.24, 2.45) is 16.6 Å². The number of hydrogen-bond acceptors (Lipinski definition) is 10. The molecule has 10 nitrogen and oxygen atoms in total. The molecular weight excluding hydrogens is 470 g/mol. The zero-order valence-corrected chi connectivity index (χ0v) is 22.5. The number of ether oxygens (including phenoxy) is 5. The van der Waals surface area contributed by atoms with E-state index in [1.807, 2.05) is 41.5 Å². The number of carbonyl (C=O) groups excluding carboxylic acids is 4. The van der Waals surface area contributed by atoms with Gasteiger partial charge in [-0.05, 0) is 41.9 Å². The lowest BCUT2D eigenvalue weighted by atomic mass is 9.92. The maximum Gasteiger partial charge on any atom is 0.508 e. The molecule has 0 bridgehead atoms. The predicted octanol–water partition coefficient (Wildman–Crippen LogP) is 3.95. The van der Waals surface area contributed by atoms with E-state index in [4.69, 9.17) is 24.7 Å². The molecule has 1 aromatic rings. The van der Waals surface area contributed by atoms with E-state index in [9.17, 15) is 19.2 Å². The van der Waals surface area contributed by atoms with Crippen molar-refractivity contribution in [1.29, 1.82) is 0 Å². The van der Waals surface area contributed by atoms with Crippen molar-refractivity contribution in [3.05, 3.63) is 23.8 Å². The van der Waals surface area contributed by atoms with E-state index in [0.29, 0.717) is 5.56 Å². The zero-order valence-electron chi connectivity index (χ0n) is 22.5. The molecular formula is C26H39NO9. The van der Waals surface area contributed by atoms with E-state index in [-0.39, 0.29) is 48.2 Å². The molecule has 2 atom stereocenters. The van der Waals surface area contributed by atoms with Crippen LogP contribution >= 0.6 is 0 Å². The first-order valence-corrected chi connectivity index (χ1v) is 11.7. The number of methoxy groups -OCH3 is 1. The molecule has 10 heteroatoms. The second-order valence-electron chi connectivity index (χ2n) is 11.0. The third-order valence-electron chi connectivity index (χ3n) is 4.49. The first-order valence-electron chi connectivity index (χ1n) is 11.7. The summed E-state index contributed by atoms with van der Waals surface area (Å²) in [5.74, 6) is -1.50. The van der Waals surface area contributed by atoms with Gasteiger partial charge in [0.2, 0.25) is 0 Å². The van der Waals surface area contributed by atoms with Gasteiger partial charge in [-0.15, -0.1) is 0 Å². The molecule has 0 saturated carbocycles. The normalized spacial score (nSPS) is 13.2. The van der Waals surface area contributed by atoms with Gasteiger partial charge in [0, 0.05) is 0 Å². The second-order valence-corrected chi connectivity index (χ2v) is 11.0. The van der Waals surface area contributed by atoms with Gasteiger partial charge < -0.3 is 29.4 Å². The van der Waals surface area contributed by atoms with Crippen LogP contribution in [0.4, 0.5) is 4.79 Å². The van der Waals surface area contributed by atoms with Gasteiger partial charge in [0.25, 0.3) is 0 Å². The van der Waals surface area contributed by atoms with E-state index in [1.165, 1.54) is 26.2 Å². The average molecular weight is 510 g/mol. The molecule has 0 unspecified atom stereocenters. The van der Waals surface area contributed by atoms with Gasteiger partial charge in [-0.25, -0.2) is 4.79 Å².